The molecule has 0 aliphatic carbocycles. The zero-order valence-corrected chi connectivity index (χ0v) is 16.2. The van der Waals surface area contributed by atoms with Crippen LogP contribution in [-0.4, -0.2) is 33.7 Å². The van der Waals surface area contributed by atoms with E-state index >= 15 is 0 Å². The van der Waals surface area contributed by atoms with Crippen LogP contribution < -0.4 is 5.73 Å². The van der Waals surface area contributed by atoms with Gasteiger partial charge in [0.15, 0.2) is 0 Å². The van der Waals surface area contributed by atoms with Gasteiger partial charge in [-0.25, -0.2) is 16.8 Å². The van der Waals surface area contributed by atoms with Crippen LogP contribution in [0.25, 0.3) is 0 Å². The average Bonchev–Trinajstić information content (AvgIpc) is 3.24. The van der Waals surface area contributed by atoms with E-state index in [-0.39, 0.29) is 26.6 Å². The lowest BCUT2D eigenvalue weighted by Crippen LogP contribution is -2.33. The lowest BCUT2D eigenvalue weighted by atomic mass is 10.3. The fraction of sp³-hybridized carbons (Fsp3) is 0.375. The molecule has 0 saturated carbocycles. The van der Waals surface area contributed by atoms with Gasteiger partial charge >= 0.3 is 0 Å². The predicted octanol–water partition coefficient (Wildman–Crippen LogP) is 2.21. The molecule has 136 valence electrons. The van der Waals surface area contributed by atoms with E-state index in [2.05, 4.69) is 0 Å². The minimum atomic E-state index is -3.77. The zero-order chi connectivity index (χ0) is 18.2. The second-order valence-electron chi connectivity index (χ2n) is 6.01. The molecule has 1 aliphatic rings. The van der Waals surface area contributed by atoms with Crippen LogP contribution in [0.1, 0.15) is 24.6 Å². The number of nitrogens with two attached hydrogens (primary N) is 1. The van der Waals surface area contributed by atoms with Gasteiger partial charge in [0, 0.05) is 24.0 Å². The van der Waals surface area contributed by atoms with Crippen molar-refractivity contribution in [2.45, 2.75) is 46.4 Å². The Hall–Kier alpha value is -1.26. The highest BCUT2D eigenvalue weighted by Crippen LogP contribution is 2.31. The highest BCUT2D eigenvalue weighted by Gasteiger charge is 2.33. The summed E-state index contributed by atoms with van der Waals surface area (Å²) < 4.78 is 52.8. The number of sulfonamides is 1. The first-order valence-electron chi connectivity index (χ1n) is 7.92. The fourth-order valence-corrected chi connectivity index (χ4v) is 7.43. The van der Waals surface area contributed by atoms with E-state index in [1.165, 1.54) is 34.6 Å². The quantitative estimate of drug-likeness (QED) is 0.830. The summed E-state index contributed by atoms with van der Waals surface area (Å²) in [5.74, 6) is 0. The van der Waals surface area contributed by atoms with Crippen LogP contribution in [0.3, 0.4) is 0 Å². The van der Waals surface area contributed by atoms with Gasteiger partial charge in [-0.2, -0.15) is 4.31 Å². The van der Waals surface area contributed by atoms with Gasteiger partial charge in [0.05, 0.1) is 9.79 Å². The van der Waals surface area contributed by atoms with E-state index in [4.69, 9.17) is 5.73 Å². The Labute approximate surface area is 152 Å². The molecule has 9 heteroatoms. The van der Waals surface area contributed by atoms with Crippen molar-refractivity contribution in [3.05, 3.63) is 41.3 Å². The topological polar surface area (TPSA) is 97.5 Å². The van der Waals surface area contributed by atoms with Crippen LogP contribution >= 0.6 is 11.3 Å². The molecule has 0 unspecified atom stereocenters. The summed E-state index contributed by atoms with van der Waals surface area (Å²) in [6, 6.07) is 8.68. The summed E-state index contributed by atoms with van der Waals surface area (Å²) in [7, 11) is -7.47. The third-order valence-corrected chi connectivity index (χ3v) is 9.68. The third kappa shape index (κ3) is 3.39. The number of nitrogens with zero attached hydrogens (tertiary/aromatic N) is 1. The van der Waals surface area contributed by atoms with Crippen LogP contribution in [0.4, 0.5) is 0 Å². The number of benzene rings is 1. The monoisotopic (exact) mass is 400 g/mol. The van der Waals surface area contributed by atoms with Crippen molar-refractivity contribution in [3.63, 3.8) is 0 Å². The van der Waals surface area contributed by atoms with Crippen LogP contribution in [0.2, 0.25) is 0 Å². The maximum atomic E-state index is 12.8. The maximum Gasteiger partial charge on any atom is 0.243 e. The average molecular weight is 401 g/mol. The minimum absolute atomic E-state index is 0.0120. The highest BCUT2D eigenvalue weighted by atomic mass is 32.2. The van der Waals surface area contributed by atoms with Crippen molar-refractivity contribution in [2.75, 3.05) is 6.54 Å². The van der Waals surface area contributed by atoms with Gasteiger partial charge in [-0.3, -0.25) is 0 Å². The number of hydrogen-bond donors (Lipinski definition) is 1. The predicted molar refractivity (Wildman–Crippen MR) is 96.7 cm³/mol. The largest absolute Gasteiger partial charge is 0.326 e. The van der Waals surface area contributed by atoms with Gasteiger partial charge in [-0.05, 0) is 50.1 Å². The van der Waals surface area contributed by atoms with Crippen LogP contribution in [-0.2, 0) is 26.4 Å². The molecular weight excluding hydrogens is 380 g/mol. The Morgan fingerprint density at radius 2 is 1.88 bits per heavy atom. The van der Waals surface area contributed by atoms with Gasteiger partial charge < -0.3 is 5.73 Å². The van der Waals surface area contributed by atoms with Crippen molar-refractivity contribution >= 4 is 31.2 Å². The normalized spacial score (nSPS) is 19.4. The molecule has 0 amide bonds. The van der Waals surface area contributed by atoms with Crippen molar-refractivity contribution in [3.8, 4) is 0 Å². The first kappa shape index (κ1) is 18.5. The van der Waals surface area contributed by atoms with Crippen molar-refractivity contribution in [1.82, 2.24) is 4.31 Å². The first-order valence-corrected chi connectivity index (χ1v) is 11.7. The second kappa shape index (κ2) is 6.81. The molecule has 1 aromatic heterocycles. The molecule has 2 N–H and O–H groups in total. The smallest absolute Gasteiger partial charge is 0.243 e. The maximum absolute atomic E-state index is 12.8. The summed E-state index contributed by atoms with van der Waals surface area (Å²) in [6.45, 7) is 2.60. The highest BCUT2D eigenvalue weighted by molar-refractivity contribution is 7.93. The number of hydrogen-bond acceptors (Lipinski definition) is 6. The van der Waals surface area contributed by atoms with Crippen molar-refractivity contribution in [1.29, 1.82) is 0 Å². The van der Waals surface area contributed by atoms with Gasteiger partial charge in [0.1, 0.15) is 4.21 Å². The van der Waals surface area contributed by atoms with Crippen molar-refractivity contribution < 1.29 is 16.8 Å². The Morgan fingerprint density at radius 3 is 2.48 bits per heavy atom. The summed E-state index contributed by atoms with van der Waals surface area (Å²) in [4.78, 5) is 0.747. The molecule has 0 spiro atoms. The second-order valence-corrected chi connectivity index (χ2v) is 11.2. The van der Waals surface area contributed by atoms with Crippen molar-refractivity contribution in [2.24, 2.45) is 5.73 Å². The molecule has 1 aliphatic heterocycles. The number of thiophene rings is 1. The molecule has 0 bridgehead atoms. The van der Waals surface area contributed by atoms with Crippen LogP contribution in [0.15, 0.2) is 50.4 Å². The van der Waals surface area contributed by atoms with E-state index < -0.39 is 19.9 Å². The SMILES string of the molecule is C[C@@H]1CCCN1S(=O)(=O)c1cccc(S(=O)(=O)c2ccc(CN)s2)c1. The van der Waals surface area contributed by atoms with E-state index in [1.807, 2.05) is 6.92 Å². The van der Waals surface area contributed by atoms with E-state index in [9.17, 15) is 16.8 Å². The van der Waals surface area contributed by atoms with E-state index in [0.717, 1.165) is 29.1 Å². The molecule has 3 rings (SSSR count). The molecule has 1 saturated heterocycles. The molecule has 2 aromatic rings. The summed E-state index contributed by atoms with van der Waals surface area (Å²) in [6.07, 6.45) is 1.63. The molecule has 2 heterocycles. The summed E-state index contributed by atoms with van der Waals surface area (Å²) in [5.41, 5.74) is 5.54. The molecular formula is C16H20N2O4S3. The third-order valence-electron chi connectivity index (χ3n) is 4.32. The Kier molecular flexibility index (Phi) is 5.04. The van der Waals surface area contributed by atoms with E-state index in [0.29, 0.717) is 6.54 Å². The molecule has 25 heavy (non-hydrogen) atoms. The Morgan fingerprint density at radius 1 is 1.16 bits per heavy atom. The number of rotatable bonds is 5. The summed E-state index contributed by atoms with van der Waals surface area (Å²) in [5, 5.41) is 0. The summed E-state index contributed by atoms with van der Waals surface area (Å²) >= 11 is 1.10. The lowest BCUT2D eigenvalue weighted by Gasteiger charge is -2.21. The lowest BCUT2D eigenvalue weighted by molar-refractivity contribution is 0.408. The molecule has 1 fully saturated rings. The van der Waals surface area contributed by atoms with Gasteiger partial charge in [-0.15, -0.1) is 11.3 Å². The Balaban J connectivity index is 2.02. The van der Waals surface area contributed by atoms with Crippen LogP contribution in [0, 0.1) is 0 Å². The zero-order valence-electron chi connectivity index (χ0n) is 13.8. The standard InChI is InChI=1S/C16H20N2O4S3/c1-12-4-3-9-18(12)25(21,22)15-6-2-5-14(10-15)24(19,20)16-8-7-13(11-17)23-16/h2,5-8,10,12H,3-4,9,11,17H2,1H3/t12-/m1/s1. The van der Waals surface area contributed by atoms with Gasteiger partial charge in [0.25, 0.3) is 0 Å². The molecule has 0 radical (unpaired) electrons. The molecule has 1 aromatic carbocycles. The first-order chi connectivity index (χ1) is 11.8. The fourth-order valence-electron chi connectivity index (χ4n) is 2.93. The molecule has 6 nitrogen and oxygen atoms in total. The Bertz CT molecular complexity index is 980. The molecule has 1 atom stereocenters. The van der Waals surface area contributed by atoms with E-state index in [1.54, 1.807) is 6.07 Å². The van der Waals surface area contributed by atoms with Gasteiger partial charge in [0.2, 0.25) is 19.9 Å². The van der Waals surface area contributed by atoms with Gasteiger partial charge in [-0.1, -0.05) is 6.07 Å². The number of sulfone groups is 1. The minimum Gasteiger partial charge on any atom is -0.326 e. The van der Waals surface area contributed by atoms with Crippen LogP contribution in [0.5, 0.6) is 0 Å².